The predicted octanol–water partition coefficient (Wildman–Crippen LogP) is 3.11. The zero-order chi connectivity index (χ0) is 9.80. The van der Waals surface area contributed by atoms with Crippen molar-refractivity contribution in [1.82, 2.24) is 0 Å². The number of fused-ring (bicyclic) bond motifs is 1. The van der Waals surface area contributed by atoms with Crippen LogP contribution in [0.3, 0.4) is 0 Å². The van der Waals surface area contributed by atoms with Crippen molar-refractivity contribution < 1.29 is 9.47 Å². The van der Waals surface area contributed by atoms with E-state index in [4.69, 9.17) is 9.47 Å². The Balaban J connectivity index is 1.70. The Morgan fingerprint density at radius 2 is 2.14 bits per heavy atom. The molecule has 14 heavy (non-hydrogen) atoms. The molecule has 0 aromatic carbocycles. The number of unbranched alkanes of at least 4 members (excludes halogenated alkanes) is 1. The lowest BCUT2D eigenvalue weighted by molar-refractivity contribution is -0.137. The molecular weight excluding hydrogens is 176 g/mol. The maximum Gasteiger partial charge on any atom is 0.158 e. The highest BCUT2D eigenvalue weighted by atomic mass is 16.7. The lowest BCUT2D eigenvalue weighted by Crippen LogP contribution is -2.20. The number of hydrogen-bond acceptors (Lipinski definition) is 2. The lowest BCUT2D eigenvalue weighted by Gasteiger charge is -2.22. The first-order valence-corrected chi connectivity index (χ1v) is 6.17. The molecule has 2 nitrogen and oxygen atoms in total. The Morgan fingerprint density at radius 1 is 1.29 bits per heavy atom. The van der Waals surface area contributed by atoms with Gasteiger partial charge >= 0.3 is 0 Å². The maximum absolute atomic E-state index is 5.89. The molecule has 1 saturated heterocycles. The van der Waals surface area contributed by atoms with Gasteiger partial charge in [0.2, 0.25) is 0 Å². The summed E-state index contributed by atoms with van der Waals surface area (Å²) in [7, 11) is 0. The van der Waals surface area contributed by atoms with Crippen molar-refractivity contribution in [2.24, 2.45) is 5.92 Å². The van der Waals surface area contributed by atoms with Gasteiger partial charge in [-0.2, -0.15) is 0 Å². The van der Waals surface area contributed by atoms with Crippen LogP contribution in [0.1, 0.15) is 51.9 Å². The summed E-state index contributed by atoms with van der Waals surface area (Å²) in [4.78, 5) is 0. The summed E-state index contributed by atoms with van der Waals surface area (Å²) in [5, 5.41) is 0. The van der Waals surface area contributed by atoms with Crippen molar-refractivity contribution in [3.8, 4) is 0 Å². The van der Waals surface area contributed by atoms with E-state index in [0.717, 1.165) is 25.4 Å². The number of rotatable bonds is 4. The largest absolute Gasteiger partial charge is 0.353 e. The monoisotopic (exact) mass is 198 g/mol. The van der Waals surface area contributed by atoms with Crippen LogP contribution in [-0.4, -0.2) is 19.0 Å². The second kappa shape index (κ2) is 5.13. The Morgan fingerprint density at radius 3 is 2.93 bits per heavy atom. The van der Waals surface area contributed by atoms with Gasteiger partial charge in [0.25, 0.3) is 0 Å². The van der Waals surface area contributed by atoms with Gasteiger partial charge < -0.3 is 9.47 Å². The minimum atomic E-state index is 0.120. The molecule has 0 radical (unpaired) electrons. The summed E-state index contributed by atoms with van der Waals surface area (Å²) in [6.07, 6.45) is 9.53. The van der Waals surface area contributed by atoms with Crippen molar-refractivity contribution in [3.63, 3.8) is 0 Å². The van der Waals surface area contributed by atoms with Crippen LogP contribution in [0.5, 0.6) is 0 Å². The smallest absolute Gasteiger partial charge is 0.158 e. The Kier molecular flexibility index (Phi) is 3.82. The molecule has 0 aromatic heterocycles. The molecule has 2 fully saturated rings. The van der Waals surface area contributed by atoms with Gasteiger partial charge in [-0.3, -0.25) is 0 Å². The molecule has 2 aliphatic rings. The van der Waals surface area contributed by atoms with Crippen LogP contribution >= 0.6 is 0 Å². The molecule has 0 amide bonds. The molecule has 0 aromatic rings. The van der Waals surface area contributed by atoms with E-state index >= 15 is 0 Å². The van der Waals surface area contributed by atoms with Gasteiger partial charge in [-0.25, -0.2) is 0 Å². The van der Waals surface area contributed by atoms with E-state index in [2.05, 4.69) is 6.92 Å². The summed E-state index contributed by atoms with van der Waals surface area (Å²) < 4.78 is 11.6. The number of hydrogen-bond donors (Lipinski definition) is 0. The maximum atomic E-state index is 5.89. The van der Waals surface area contributed by atoms with E-state index in [1.807, 2.05) is 0 Å². The van der Waals surface area contributed by atoms with E-state index in [-0.39, 0.29) is 6.29 Å². The van der Waals surface area contributed by atoms with Crippen molar-refractivity contribution in [3.05, 3.63) is 0 Å². The van der Waals surface area contributed by atoms with Gasteiger partial charge in [0, 0.05) is 13.0 Å². The van der Waals surface area contributed by atoms with Crippen molar-refractivity contribution in [2.45, 2.75) is 64.3 Å². The fraction of sp³-hybridized carbons (Fsp3) is 1.00. The third-order valence-corrected chi connectivity index (χ3v) is 3.46. The molecule has 1 aliphatic carbocycles. The van der Waals surface area contributed by atoms with Gasteiger partial charge in [0.05, 0.1) is 6.10 Å². The summed E-state index contributed by atoms with van der Waals surface area (Å²) >= 11 is 0. The minimum Gasteiger partial charge on any atom is -0.353 e. The van der Waals surface area contributed by atoms with Crippen molar-refractivity contribution in [2.75, 3.05) is 6.61 Å². The van der Waals surface area contributed by atoms with E-state index in [1.165, 1.54) is 32.1 Å². The molecule has 3 atom stereocenters. The minimum absolute atomic E-state index is 0.120. The predicted molar refractivity (Wildman–Crippen MR) is 56.1 cm³/mol. The molecule has 82 valence electrons. The average Bonchev–Trinajstić information content (AvgIpc) is 2.60. The zero-order valence-electron chi connectivity index (χ0n) is 9.21. The molecule has 0 spiro atoms. The van der Waals surface area contributed by atoms with E-state index in [0.29, 0.717) is 6.10 Å². The van der Waals surface area contributed by atoms with Crippen molar-refractivity contribution in [1.29, 1.82) is 0 Å². The second-order valence-electron chi connectivity index (χ2n) is 4.61. The Bertz CT molecular complexity index is 156. The molecule has 0 bridgehead atoms. The van der Waals surface area contributed by atoms with Crippen LogP contribution in [0, 0.1) is 5.92 Å². The van der Waals surface area contributed by atoms with Gasteiger partial charge in [0.1, 0.15) is 0 Å². The normalized spacial score (nSPS) is 37.1. The Labute approximate surface area is 87.0 Å². The Hall–Kier alpha value is -0.0800. The first kappa shape index (κ1) is 10.4. The average molecular weight is 198 g/mol. The van der Waals surface area contributed by atoms with Crippen LogP contribution in [0.25, 0.3) is 0 Å². The fourth-order valence-corrected chi connectivity index (χ4v) is 2.59. The van der Waals surface area contributed by atoms with Crippen LogP contribution in [0.15, 0.2) is 0 Å². The van der Waals surface area contributed by atoms with Gasteiger partial charge in [-0.1, -0.05) is 26.2 Å². The van der Waals surface area contributed by atoms with E-state index in [1.54, 1.807) is 0 Å². The van der Waals surface area contributed by atoms with Crippen LogP contribution in [-0.2, 0) is 9.47 Å². The standard InChI is InChI=1S/C12H22O2/c1-2-3-8-13-12-9-10-6-4-5-7-11(10)14-12/h10-12H,2-9H2,1H3. The fourth-order valence-electron chi connectivity index (χ4n) is 2.59. The third kappa shape index (κ3) is 2.48. The van der Waals surface area contributed by atoms with Crippen molar-refractivity contribution >= 4 is 0 Å². The zero-order valence-corrected chi connectivity index (χ0v) is 9.21. The topological polar surface area (TPSA) is 18.5 Å². The summed E-state index contributed by atoms with van der Waals surface area (Å²) in [5.74, 6) is 0.801. The highest BCUT2D eigenvalue weighted by Crippen LogP contribution is 2.37. The lowest BCUT2D eigenvalue weighted by atomic mass is 9.86. The molecular formula is C12H22O2. The van der Waals surface area contributed by atoms with Crippen LogP contribution in [0.2, 0.25) is 0 Å². The summed E-state index contributed by atoms with van der Waals surface area (Å²) in [5.41, 5.74) is 0. The first-order chi connectivity index (χ1) is 6.90. The third-order valence-electron chi connectivity index (χ3n) is 3.46. The molecule has 3 unspecified atom stereocenters. The molecule has 2 rings (SSSR count). The first-order valence-electron chi connectivity index (χ1n) is 6.17. The quantitative estimate of drug-likeness (QED) is 0.646. The van der Waals surface area contributed by atoms with E-state index < -0.39 is 0 Å². The molecule has 1 heterocycles. The van der Waals surface area contributed by atoms with Crippen LogP contribution in [0.4, 0.5) is 0 Å². The highest BCUT2D eigenvalue weighted by Gasteiger charge is 2.36. The van der Waals surface area contributed by atoms with Gasteiger partial charge in [-0.15, -0.1) is 0 Å². The van der Waals surface area contributed by atoms with Crippen LogP contribution < -0.4 is 0 Å². The summed E-state index contributed by atoms with van der Waals surface area (Å²) in [6.45, 7) is 3.07. The SMILES string of the molecule is CCCCOC1CC2CCCCC2O1. The molecule has 2 heteroatoms. The molecule has 1 aliphatic heterocycles. The highest BCUT2D eigenvalue weighted by molar-refractivity contribution is 4.82. The molecule has 0 N–H and O–H groups in total. The molecule has 1 saturated carbocycles. The summed E-state index contributed by atoms with van der Waals surface area (Å²) in [6, 6.07) is 0. The van der Waals surface area contributed by atoms with Gasteiger partial charge in [-0.05, 0) is 25.2 Å². The number of ether oxygens (including phenoxy) is 2. The van der Waals surface area contributed by atoms with E-state index in [9.17, 15) is 0 Å². The second-order valence-corrected chi connectivity index (χ2v) is 4.61. The van der Waals surface area contributed by atoms with Gasteiger partial charge in [0.15, 0.2) is 6.29 Å².